The molecule has 0 saturated carbocycles. The first kappa shape index (κ1) is 19.8. The Kier molecular flexibility index (Phi) is 8.84. The molecule has 0 radical (unpaired) electrons. The number of benzene rings is 2. The second-order valence-corrected chi connectivity index (χ2v) is 6.99. The van der Waals surface area contributed by atoms with E-state index in [9.17, 15) is 0 Å². The molecule has 2 rings (SSSR count). The summed E-state index contributed by atoms with van der Waals surface area (Å²) in [5.74, 6) is 1.44. The van der Waals surface area contributed by atoms with E-state index in [0.29, 0.717) is 24.0 Å². The topological polar surface area (TPSA) is 30.5 Å². The normalized spacial score (nSPS) is 10.5. The van der Waals surface area contributed by atoms with Gasteiger partial charge in [-0.3, -0.25) is 0 Å². The van der Waals surface area contributed by atoms with E-state index in [1.165, 1.54) is 0 Å². The zero-order valence-electron chi connectivity index (χ0n) is 14.9. The molecule has 0 saturated heterocycles. The highest BCUT2D eigenvalue weighted by molar-refractivity contribution is 8.00. The first-order valence-corrected chi connectivity index (χ1v) is 10.0. The molecular weight excluding hydrogens is 354 g/mol. The molecule has 0 heterocycles. The van der Waals surface area contributed by atoms with E-state index in [-0.39, 0.29) is 0 Å². The Morgan fingerprint density at radius 3 is 2.20 bits per heavy atom. The Morgan fingerprint density at radius 1 is 0.920 bits per heavy atom. The van der Waals surface area contributed by atoms with Crippen LogP contribution in [0.1, 0.15) is 39.5 Å². The second kappa shape index (κ2) is 11.2. The Morgan fingerprint density at radius 2 is 1.56 bits per heavy atom. The third-order valence-electron chi connectivity index (χ3n) is 3.57. The van der Waals surface area contributed by atoms with Crippen LogP contribution in [0.3, 0.4) is 0 Å². The summed E-state index contributed by atoms with van der Waals surface area (Å²) < 4.78 is 15.1. The smallest absolute Gasteiger partial charge is 0.144 e. The summed E-state index contributed by atoms with van der Waals surface area (Å²) in [7, 11) is 0. The van der Waals surface area contributed by atoms with Crippen molar-refractivity contribution in [1.82, 2.24) is 0 Å². The highest BCUT2D eigenvalue weighted by Crippen LogP contribution is 2.38. The maximum atomic E-state index is 6.37. The number of nitrogens with one attached hydrogen (secondary N) is 1. The lowest BCUT2D eigenvalue weighted by molar-refractivity contribution is 0.302. The van der Waals surface area contributed by atoms with Crippen LogP contribution < -0.4 is 14.2 Å². The zero-order valence-corrected chi connectivity index (χ0v) is 16.5. The predicted molar refractivity (Wildman–Crippen MR) is 108 cm³/mol. The zero-order chi connectivity index (χ0) is 17.9. The minimum Gasteiger partial charge on any atom is -0.492 e. The average Bonchev–Trinajstić information content (AvgIpc) is 2.63. The summed E-state index contributed by atoms with van der Waals surface area (Å²) in [5.41, 5.74) is 0.876. The standard InChI is InChI=1S/C20H26ClNO2S/c1-3-5-12-23-19-15-18(22-25-16-10-8-7-9-11-16)20(14-17(19)21)24-13-6-4-2/h7-11,14-15,22H,3-6,12-13H2,1-2H3. The molecule has 0 fully saturated rings. The van der Waals surface area contributed by atoms with Gasteiger partial charge in [-0.05, 0) is 36.9 Å². The van der Waals surface area contributed by atoms with Crippen LogP contribution in [-0.4, -0.2) is 13.2 Å². The molecular formula is C20H26ClNO2S. The quantitative estimate of drug-likeness (QED) is 0.343. The SMILES string of the molecule is CCCCOc1cc(NSc2ccccc2)c(OCCCC)cc1Cl. The average molecular weight is 380 g/mol. The summed E-state index contributed by atoms with van der Waals surface area (Å²) in [4.78, 5) is 1.13. The maximum absolute atomic E-state index is 6.37. The number of anilines is 1. The third kappa shape index (κ3) is 6.71. The van der Waals surface area contributed by atoms with Gasteiger partial charge in [0, 0.05) is 17.0 Å². The van der Waals surface area contributed by atoms with Crippen LogP contribution in [0.2, 0.25) is 5.02 Å². The monoisotopic (exact) mass is 379 g/mol. The molecule has 0 aliphatic carbocycles. The van der Waals surface area contributed by atoms with Crippen molar-refractivity contribution >= 4 is 29.2 Å². The van der Waals surface area contributed by atoms with Gasteiger partial charge in [-0.2, -0.15) is 0 Å². The fourth-order valence-electron chi connectivity index (χ4n) is 2.10. The summed E-state index contributed by atoms with van der Waals surface area (Å²) >= 11 is 7.91. The molecule has 0 aliphatic rings. The van der Waals surface area contributed by atoms with Gasteiger partial charge in [-0.15, -0.1) is 0 Å². The molecule has 1 N–H and O–H groups in total. The van der Waals surface area contributed by atoms with Crippen LogP contribution >= 0.6 is 23.5 Å². The molecule has 0 amide bonds. The minimum atomic E-state index is 0.581. The summed E-state index contributed by atoms with van der Waals surface area (Å²) in [5, 5.41) is 0.581. The van der Waals surface area contributed by atoms with Gasteiger partial charge < -0.3 is 14.2 Å². The number of unbranched alkanes of at least 4 members (excludes halogenated alkanes) is 2. The van der Waals surface area contributed by atoms with E-state index < -0.39 is 0 Å². The van der Waals surface area contributed by atoms with E-state index in [2.05, 4.69) is 30.7 Å². The van der Waals surface area contributed by atoms with Crippen LogP contribution in [0.25, 0.3) is 0 Å². The van der Waals surface area contributed by atoms with Gasteiger partial charge in [0.2, 0.25) is 0 Å². The Hall–Kier alpha value is -1.52. The third-order valence-corrected chi connectivity index (χ3v) is 4.69. The van der Waals surface area contributed by atoms with Gasteiger partial charge in [-0.1, -0.05) is 56.5 Å². The van der Waals surface area contributed by atoms with Crippen molar-refractivity contribution in [2.45, 2.75) is 44.4 Å². The predicted octanol–water partition coefficient (Wildman–Crippen LogP) is 6.82. The second-order valence-electron chi connectivity index (χ2n) is 5.70. The highest BCUT2D eigenvalue weighted by atomic mass is 35.5. The maximum Gasteiger partial charge on any atom is 0.144 e. The number of rotatable bonds is 11. The molecule has 5 heteroatoms. The van der Waals surface area contributed by atoms with Crippen LogP contribution in [0, 0.1) is 0 Å². The summed E-state index contributed by atoms with van der Waals surface area (Å²) in [6.07, 6.45) is 4.20. The summed E-state index contributed by atoms with van der Waals surface area (Å²) in [6.45, 7) is 5.62. The number of halogens is 1. The van der Waals surface area contributed by atoms with Crippen LogP contribution in [0.5, 0.6) is 11.5 Å². The van der Waals surface area contributed by atoms with Crippen molar-refractivity contribution < 1.29 is 9.47 Å². The van der Waals surface area contributed by atoms with E-state index in [4.69, 9.17) is 21.1 Å². The lowest BCUT2D eigenvalue weighted by Gasteiger charge is -2.16. The van der Waals surface area contributed by atoms with Crippen molar-refractivity contribution in [3.8, 4) is 11.5 Å². The van der Waals surface area contributed by atoms with Crippen molar-refractivity contribution in [3.63, 3.8) is 0 Å². The molecule has 3 nitrogen and oxygen atoms in total. The molecule has 0 unspecified atom stereocenters. The molecule has 0 aliphatic heterocycles. The van der Waals surface area contributed by atoms with Crippen molar-refractivity contribution in [3.05, 3.63) is 47.5 Å². The number of hydrogen-bond acceptors (Lipinski definition) is 4. The van der Waals surface area contributed by atoms with Crippen molar-refractivity contribution in [1.29, 1.82) is 0 Å². The molecule has 0 aromatic heterocycles. The Labute approximate surface area is 160 Å². The van der Waals surface area contributed by atoms with Crippen molar-refractivity contribution in [2.24, 2.45) is 0 Å². The van der Waals surface area contributed by atoms with Crippen LogP contribution in [-0.2, 0) is 0 Å². The number of ether oxygens (including phenoxy) is 2. The van der Waals surface area contributed by atoms with E-state index >= 15 is 0 Å². The first-order valence-electron chi connectivity index (χ1n) is 8.81. The Bertz CT molecular complexity index is 637. The van der Waals surface area contributed by atoms with E-state index in [0.717, 1.165) is 42.0 Å². The van der Waals surface area contributed by atoms with E-state index in [1.54, 1.807) is 11.9 Å². The molecule has 136 valence electrons. The minimum absolute atomic E-state index is 0.581. The van der Waals surface area contributed by atoms with Gasteiger partial charge in [0.15, 0.2) is 0 Å². The van der Waals surface area contributed by atoms with Crippen LogP contribution in [0.4, 0.5) is 5.69 Å². The molecule has 25 heavy (non-hydrogen) atoms. The van der Waals surface area contributed by atoms with Crippen LogP contribution in [0.15, 0.2) is 47.4 Å². The van der Waals surface area contributed by atoms with E-state index in [1.807, 2.05) is 30.3 Å². The molecule has 2 aromatic rings. The molecule has 0 bridgehead atoms. The van der Waals surface area contributed by atoms with Gasteiger partial charge in [0.1, 0.15) is 11.5 Å². The Balaban J connectivity index is 2.13. The lowest BCUT2D eigenvalue weighted by Crippen LogP contribution is -2.02. The van der Waals surface area contributed by atoms with Gasteiger partial charge in [-0.25, -0.2) is 0 Å². The van der Waals surface area contributed by atoms with Gasteiger partial charge >= 0.3 is 0 Å². The lowest BCUT2D eigenvalue weighted by atomic mass is 10.2. The fraction of sp³-hybridized carbons (Fsp3) is 0.400. The number of hydrogen-bond donors (Lipinski definition) is 1. The van der Waals surface area contributed by atoms with Gasteiger partial charge in [0.05, 0.1) is 23.9 Å². The van der Waals surface area contributed by atoms with Crippen molar-refractivity contribution in [2.75, 3.05) is 17.9 Å². The highest BCUT2D eigenvalue weighted by Gasteiger charge is 2.12. The van der Waals surface area contributed by atoms with Gasteiger partial charge in [0.25, 0.3) is 0 Å². The first-order chi connectivity index (χ1) is 12.2. The summed E-state index contributed by atoms with van der Waals surface area (Å²) in [6, 6.07) is 13.9. The fourth-order valence-corrected chi connectivity index (χ4v) is 2.99. The largest absolute Gasteiger partial charge is 0.492 e. The molecule has 0 spiro atoms. The molecule has 2 aromatic carbocycles. The molecule has 0 atom stereocenters.